The van der Waals surface area contributed by atoms with Gasteiger partial charge >= 0.3 is 0 Å². The van der Waals surface area contributed by atoms with Crippen molar-refractivity contribution >= 4 is 11.9 Å². The van der Waals surface area contributed by atoms with E-state index in [-0.39, 0.29) is 5.78 Å². The van der Waals surface area contributed by atoms with Crippen LogP contribution < -0.4 is 4.74 Å². The maximum atomic E-state index is 12.2. The maximum Gasteiger partial charge on any atom is 0.193 e. The van der Waals surface area contributed by atoms with E-state index >= 15 is 0 Å². The van der Waals surface area contributed by atoms with E-state index in [0.717, 1.165) is 11.3 Å². The Balaban J connectivity index is 2.26. The lowest BCUT2D eigenvalue weighted by Crippen LogP contribution is -2.00. The summed E-state index contributed by atoms with van der Waals surface area (Å²) >= 11 is 0. The average molecular weight is 238 g/mol. The number of hydrogen-bond acceptors (Lipinski definition) is 2. The molecule has 0 aliphatic heterocycles. The molecular formula is C16H14O2. The van der Waals surface area contributed by atoms with Gasteiger partial charge in [-0.2, -0.15) is 0 Å². The largest absolute Gasteiger partial charge is 0.497 e. The summed E-state index contributed by atoms with van der Waals surface area (Å²) in [5.41, 5.74) is 2.33. The van der Waals surface area contributed by atoms with Crippen molar-refractivity contribution in [2.45, 2.75) is 0 Å². The fourth-order valence-corrected chi connectivity index (χ4v) is 1.68. The lowest BCUT2D eigenvalue weighted by atomic mass is 10.0. The van der Waals surface area contributed by atoms with Gasteiger partial charge in [0.15, 0.2) is 5.78 Å². The van der Waals surface area contributed by atoms with Gasteiger partial charge in [-0.1, -0.05) is 36.9 Å². The Bertz CT molecular complexity index is 551. The maximum absolute atomic E-state index is 12.2. The van der Waals surface area contributed by atoms with Gasteiger partial charge in [0.25, 0.3) is 0 Å². The minimum absolute atomic E-state index is 0.00765. The van der Waals surface area contributed by atoms with Crippen LogP contribution >= 0.6 is 0 Å². The highest BCUT2D eigenvalue weighted by molar-refractivity contribution is 6.09. The first kappa shape index (κ1) is 12.1. The Morgan fingerprint density at radius 1 is 1.00 bits per heavy atom. The van der Waals surface area contributed by atoms with Crippen LogP contribution in [0.15, 0.2) is 55.1 Å². The van der Waals surface area contributed by atoms with Crippen LogP contribution in [0.1, 0.15) is 21.5 Å². The number of carbonyl (C=O) groups excluding carboxylic acids is 1. The Morgan fingerprint density at radius 3 is 1.94 bits per heavy atom. The summed E-state index contributed by atoms with van der Waals surface area (Å²) in [6.07, 6.45) is 1.75. The third kappa shape index (κ3) is 2.48. The van der Waals surface area contributed by atoms with Gasteiger partial charge < -0.3 is 4.74 Å². The predicted octanol–water partition coefficient (Wildman–Crippen LogP) is 3.57. The molecule has 18 heavy (non-hydrogen) atoms. The van der Waals surface area contributed by atoms with E-state index < -0.39 is 0 Å². The van der Waals surface area contributed by atoms with E-state index in [1.807, 2.05) is 24.3 Å². The molecule has 0 aliphatic carbocycles. The zero-order valence-electron chi connectivity index (χ0n) is 10.2. The first-order valence-corrected chi connectivity index (χ1v) is 5.66. The fourth-order valence-electron chi connectivity index (χ4n) is 1.68. The summed E-state index contributed by atoms with van der Waals surface area (Å²) in [4.78, 5) is 12.2. The zero-order valence-corrected chi connectivity index (χ0v) is 10.2. The summed E-state index contributed by atoms with van der Waals surface area (Å²) < 4.78 is 5.06. The lowest BCUT2D eigenvalue weighted by molar-refractivity contribution is 0.103. The molecule has 0 radical (unpaired) electrons. The lowest BCUT2D eigenvalue weighted by Gasteiger charge is -2.03. The van der Waals surface area contributed by atoms with Crippen LogP contribution in [0.2, 0.25) is 0 Å². The quantitative estimate of drug-likeness (QED) is 0.761. The van der Waals surface area contributed by atoms with Gasteiger partial charge in [0, 0.05) is 11.1 Å². The first-order chi connectivity index (χ1) is 8.74. The van der Waals surface area contributed by atoms with Gasteiger partial charge in [-0.3, -0.25) is 4.79 Å². The molecule has 0 heterocycles. The van der Waals surface area contributed by atoms with Gasteiger partial charge in [-0.15, -0.1) is 0 Å². The van der Waals surface area contributed by atoms with Crippen molar-refractivity contribution in [3.63, 3.8) is 0 Å². The van der Waals surface area contributed by atoms with Crippen molar-refractivity contribution in [2.75, 3.05) is 7.11 Å². The topological polar surface area (TPSA) is 26.3 Å². The van der Waals surface area contributed by atoms with E-state index in [1.54, 1.807) is 37.5 Å². The minimum atomic E-state index is 0.00765. The molecule has 0 amide bonds. The van der Waals surface area contributed by atoms with Gasteiger partial charge in [0.1, 0.15) is 5.75 Å². The third-order valence-electron chi connectivity index (χ3n) is 2.76. The van der Waals surface area contributed by atoms with E-state index in [4.69, 9.17) is 4.74 Å². The molecule has 2 aromatic carbocycles. The minimum Gasteiger partial charge on any atom is -0.497 e. The van der Waals surface area contributed by atoms with Crippen molar-refractivity contribution in [1.29, 1.82) is 0 Å². The molecule has 2 aromatic rings. The molecule has 0 spiro atoms. The zero-order chi connectivity index (χ0) is 13.0. The second-order valence-electron chi connectivity index (χ2n) is 3.88. The van der Waals surface area contributed by atoms with Crippen LogP contribution in [-0.4, -0.2) is 12.9 Å². The number of hydrogen-bond donors (Lipinski definition) is 0. The molecule has 0 N–H and O–H groups in total. The number of rotatable bonds is 4. The summed E-state index contributed by atoms with van der Waals surface area (Å²) in [5.74, 6) is 0.752. The van der Waals surface area contributed by atoms with Gasteiger partial charge in [0.05, 0.1) is 7.11 Å². The van der Waals surface area contributed by atoms with Crippen molar-refractivity contribution in [3.8, 4) is 5.75 Å². The van der Waals surface area contributed by atoms with E-state index in [9.17, 15) is 4.79 Å². The smallest absolute Gasteiger partial charge is 0.193 e. The Morgan fingerprint density at radius 2 is 1.50 bits per heavy atom. The standard InChI is InChI=1S/C16H14O2/c1-3-12-4-6-13(7-5-12)16(17)14-8-10-15(18-2)11-9-14/h3-11H,1H2,2H3. The van der Waals surface area contributed by atoms with E-state index in [2.05, 4.69) is 6.58 Å². The predicted molar refractivity (Wildman–Crippen MR) is 73.0 cm³/mol. The number of ketones is 1. The van der Waals surface area contributed by atoms with Crippen LogP contribution in [0.3, 0.4) is 0 Å². The summed E-state index contributed by atoms with van der Waals surface area (Å²) in [5, 5.41) is 0. The molecule has 0 saturated heterocycles. The number of methoxy groups -OCH3 is 1. The third-order valence-corrected chi connectivity index (χ3v) is 2.76. The monoisotopic (exact) mass is 238 g/mol. The number of carbonyl (C=O) groups is 1. The van der Waals surface area contributed by atoms with Crippen LogP contribution in [0.4, 0.5) is 0 Å². The highest BCUT2D eigenvalue weighted by atomic mass is 16.5. The summed E-state index contributed by atoms with van der Waals surface area (Å²) in [7, 11) is 1.60. The molecule has 0 fully saturated rings. The summed E-state index contributed by atoms with van der Waals surface area (Å²) in [6.45, 7) is 3.68. The molecular weight excluding hydrogens is 224 g/mol. The fraction of sp³-hybridized carbons (Fsp3) is 0.0625. The molecule has 0 atom stereocenters. The first-order valence-electron chi connectivity index (χ1n) is 5.66. The molecule has 0 saturated carbocycles. The Hall–Kier alpha value is -2.35. The Kier molecular flexibility index (Phi) is 3.58. The molecule has 2 nitrogen and oxygen atoms in total. The number of ether oxygens (including phenoxy) is 1. The molecule has 0 unspecified atom stereocenters. The molecule has 0 aliphatic rings. The highest BCUT2D eigenvalue weighted by Crippen LogP contribution is 2.15. The van der Waals surface area contributed by atoms with Crippen LogP contribution in [0.25, 0.3) is 6.08 Å². The average Bonchev–Trinajstić information content (AvgIpc) is 2.47. The van der Waals surface area contributed by atoms with Crippen LogP contribution in [-0.2, 0) is 0 Å². The van der Waals surface area contributed by atoms with Gasteiger partial charge in [-0.25, -0.2) is 0 Å². The molecule has 2 heteroatoms. The van der Waals surface area contributed by atoms with Gasteiger partial charge in [-0.05, 0) is 29.8 Å². The normalized spacial score (nSPS) is 9.83. The van der Waals surface area contributed by atoms with E-state index in [0.29, 0.717) is 11.1 Å². The molecule has 90 valence electrons. The molecule has 2 rings (SSSR count). The second kappa shape index (κ2) is 5.32. The highest BCUT2D eigenvalue weighted by Gasteiger charge is 2.08. The SMILES string of the molecule is C=Cc1ccc(C(=O)c2ccc(OC)cc2)cc1. The van der Waals surface area contributed by atoms with Crippen LogP contribution in [0.5, 0.6) is 5.75 Å². The van der Waals surface area contributed by atoms with Crippen molar-refractivity contribution in [1.82, 2.24) is 0 Å². The molecule has 0 bridgehead atoms. The summed E-state index contributed by atoms with van der Waals surface area (Å²) in [6, 6.07) is 14.5. The van der Waals surface area contributed by atoms with Gasteiger partial charge in [0.2, 0.25) is 0 Å². The van der Waals surface area contributed by atoms with Crippen LogP contribution in [0, 0.1) is 0 Å². The van der Waals surface area contributed by atoms with E-state index in [1.165, 1.54) is 0 Å². The van der Waals surface area contributed by atoms with Crippen molar-refractivity contribution < 1.29 is 9.53 Å². The van der Waals surface area contributed by atoms with Crippen molar-refractivity contribution in [3.05, 3.63) is 71.8 Å². The molecule has 0 aromatic heterocycles. The number of benzene rings is 2. The van der Waals surface area contributed by atoms with Crippen molar-refractivity contribution in [2.24, 2.45) is 0 Å². The Labute approximate surface area is 107 Å². The second-order valence-corrected chi connectivity index (χ2v) is 3.88.